The number of rotatable bonds is 8. The minimum Gasteiger partial charge on any atom is -0.494 e. The third kappa shape index (κ3) is 6.62. The first-order chi connectivity index (χ1) is 12.0. The van der Waals surface area contributed by atoms with Gasteiger partial charge in [0.25, 0.3) is 0 Å². The fourth-order valence-electron chi connectivity index (χ4n) is 2.50. The van der Waals surface area contributed by atoms with Crippen molar-refractivity contribution in [2.24, 2.45) is 0 Å². The van der Waals surface area contributed by atoms with E-state index in [0.717, 1.165) is 16.8 Å². The molecule has 0 unspecified atom stereocenters. The zero-order valence-electron chi connectivity index (χ0n) is 16.7. The Morgan fingerprint density at radius 2 is 1.60 bits per heavy atom. The molecule has 0 N–H and O–H groups in total. The van der Waals surface area contributed by atoms with Crippen LogP contribution in [0.1, 0.15) is 60.3 Å². The first-order valence-electron chi connectivity index (χ1n) is 9.32. The molecule has 1 heterocycles. The first-order valence-corrected chi connectivity index (χ1v) is 9.32. The topological polar surface area (TPSA) is 46.2 Å². The smallest absolute Gasteiger partial charge is 0.494 e. The summed E-state index contributed by atoms with van der Waals surface area (Å²) in [6.45, 7) is 15.7. The van der Waals surface area contributed by atoms with Crippen LogP contribution in [-0.2, 0) is 18.8 Å². The minimum absolute atomic E-state index is 0.0201. The molecule has 0 bridgehead atoms. The van der Waals surface area contributed by atoms with Crippen molar-refractivity contribution in [3.63, 3.8) is 0 Å². The van der Waals surface area contributed by atoms with Crippen molar-refractivity contribution >= 4 is 12.6 Å². The standard InChI is InChI=1S/C17H27BO5.C2H6/c1-6-19-15-9-7-8-14(17-20-10-11-21-17)16(15)18(22-12(2)3)23-13(4)5;1-2/h7-9,12-13,17H,6,10-11H2,1-5H3;1-2H3. The highest BCUT2D eigenvalue weighted by atomic mass is 16.7. The maximum absolute atomic E-state index is 6.02. The molecule has 5 nitrogen and oxygen atoms in total. The molecule has 1 aliphatic rings. The fraction of sp³-hybridized carbons (Fsp3) is 0.684. The summed E-state index contributed by atoms with van der Waals surface area (Å²) in [5, 5.41) is 0. The average Bonchev–Trinajstić information content (AvgIpc) is 3.10. The van der Waals surface area contributed by atoms with Gasteiger partial charge in [0.05, 0.1) is 19.8 Å². The quantitative estimate of drug-likeness (QED) is 0.668. The second kappa shape index (κ2) is 11.5. The van der Waals surface area contributed by atoms with Gasteiger partial charge in [-0.1, -0.05) is 26.0 Å². The molecule has 1 saturated heterocycles. The lowest BCUT2D eigenvalue weighted by atomic mass is 9.74. The van der Waals surface area contributed by atoms with Gasteiger partial charge in [-0.2, -0.15) is 0 Å². The molecule has 0 atom stereocenters. The van der Waals surface area contributed by atoms with E-state index in [9.17, 15) is 0 Å². The lowest BCUT2D eigenvalue weighted by Gasteiger charge is -2.25. The van der Waals surface area contributed by atoms with Crippen LogP contribution in [-0.4, -0.2) is 39.1 Å². The molecule has 2 rings (SSSR count). The van der Waals surface area contributed by atoms with E-state index >= 15 is 0 Å². The van der Waals surface area contributed by atoms with E-state index in [2.05, 4.69) is 0 Å². The zero-order valence-corrected chi connectivity index (χ0v) is 16.7. The number of benzene rings is 1. The molecule has 0 spiro atoms. The maximum atomic E-state index is 6.02. The lowest BCUT2D eigenvalue weighted by molar-refractivity contribution is -0.0437. The summed E-state index contributed by atoms with van der Waals surface area (Å²) in [5.41, 5.74) is 1.75. The van der Waals surface area contributed by atoms with Crippen molar-refractivity contribution in [2.75, 3.05) is 19.8 Å². The summed E-state index contributed by atoms with van der Waals surface area (Å²) in [6.07, 6.45) is -0.363. The third-order valence-corrected chi connectivity index (χ3v) is 3.30. The van der Waals surface area contributed by atoms with Crippen LogP contribution in [0.2, 0.25) is 0 Å². The monoisotopic (exact) mass is 352 g/mol. The van der Waals surface area contributed by atoms with Gasteiger partial charge in [-0.3, -0.25) is 0 Å². The van der Waals surface area contributed by atoms with Crippen molar-refractivity contribution in [2.45, 2.75) is 67.0 Å². The van der Waals surface area contributed by atoms with Crippen molar-refractivity contribution in [3.8, 4) is 5.75 Å². The molecule has 0 aromatic heterocycles. The van der Waals surface area contributed by atoms with Gasteiger partial charge in [-0.05, 0) is 40.7 Å². The Balaban J connectivity index is 0.00000151. The van der Waals surface area contributed by atoms with Crippen LogP contribution in [0.4, 0.5) is 0 Å². The van der Waals surface area contributed by atoms with Gasteiger partial charge in [-0.15, -0.1) is 0 Å². The van der Waals surface area contributed by atoms with Crippen LogP contribution >= 0.6 is 0 Å². The normalized spacial score (nSPS) is 14.6. The summed E-state index contributed by atoms with van der Waals surface area (Å²) >= 11 is 0. The van der Waals surface area contributed by atoms with E-state index in [1.54, 1.807) is 0 Å². The Morgan fingerprint density at radius 3 is 2.08 bits per heavy atom. The summed E-state index contributed by atoms with van der Waals surface area (Å²) in [7, 11) is -0.527. The van der Waals surface area contributed by atoms with E-state index in [4.69, 9.17) is 23.5 Å². The summed E-state index contributed by atoms with van der Waals surface area (Å²) in [4.78, 5) is 0. The van der Waals surface area contributed by atoms with Gasteiger partial charge in [-0.25, -0.2) is 0 Å². The van der Waals surface area contributed by atoms with Gasteiger partial charge in [0.2, 0.25) is 0 Å². The summed E-state index contributed by atoms with van der Waals surface area (Å²) < 4.78 is 29.2. The van der Waals surface area contributed by atoms with E-state index in [0.29, 0.717) is 19.8 Å². The highest BCUT2D eigenvalue weighted by molar-refractivity contribution is 6.63. The van der Waals surface area contributed by atoms with Crippen molar-refractivity contribution < 1.29 is 23.5 Å². The van der Waals surface area contributed by atoms with Gasteiger partial charge in [0.1, 0.15) is 5.75 Å². The SMILES string of the molecule is CC.CCOc1cccc(C2OCCO2)c1B(OC(C)C)OC(C)C. The van der Waals surface area contributed by atoms with Gasteiger partial charge in [0, 0.05) is 23.2 Å². The van der Waals surface area contributed by atoms with Crippen LogP contribution in [0.15, 0.2) is 18.2 Å². The van der Waals surface area contributed by atoms with E-state index < -0.39 is 13.4 Å². The minimum atomic E-state index is -0.527. The fourth-order valence-corrected chi connectivity index (χ4v) is 2.50. The zero-order chi connectivity index (χ0) is 18.8. The molecule has 1 aromatic rings. The summed E-state index contributed by atoms with van der Waals surface area (Å²) in [5.74, 6) is 0.746. The Hall–Kier alpha value is -1.08. The maximum Gasteiger partial charge on any atom is 0.498 e. The molecule has 0 saturated carbocycles. The Kier molecular flexibility index (Phi) is 10.1. The van der Waals surface area contributed by atoms with Crippen LogP contribution in [0.5, 0.6) is 5.75 Å². The van der Waals surface area contributed by atoms with Crippen molar-refractivity contribution in [1.82, 2.24) is 0 Å². The molecule has 1 aromatic carbocycles. The number of hydrogen-bond donors (Lipinski definition) is 0. The van der Waals surface area contributed by atoms with Crippen molar-refractivity contribution in [3.05, 3.63) is 23.8 Å². The van der Waals surface area contributed by atoms with Gasteiger partial charge < -0.3 is 23.5 Å². The molecule has 0 aliphatic carbocycles. The predicted molar refractivity (Wildman–Crippen MR) is 101 cm³/mol. The van der Waals surface area contributed by atoms with Gasteiger partial charge >= 0.3 is 7.12 Å². The molecular formula is C19H33BO5. The highest BCUT2D eigenvalue weighted by Crippen LogP contribution is 2.26. The number of ether oxygens (including phenoxy) is 3. The Morgan fingerprint density at radius 1 is 1.04 bits per heavy atom. The Labute approximate surface area is 153 Å². The molecule has 0 radical (unpaired) electrons. The molecule has 1 fully saturated rings. The third-order valence-electron chi connectivity index (χ3n) is 3.30. The largest absolute Gasteiger partial charge is 0.498 e. The van der Waals surface area contributed by atoms with E-state index in [1.807, 2.05) is 66.7 Å². The molecule has 1 aliphatic heterocycles. The molecular weight excluding hydrogens is 319 g/mol. The van der Waals surface area contributed by atoms with Crippen LogP contribution in [0.25, 0.3) is 0 Å². The highest BCUT2D eigenvalue weighted by Gasteiger charge is 2.34. The molecule has 142 valence electrons. The average molecular weight is 352 g/mol. The van der Waals surface area contributed by atoms with E-state index in [1.165, 1.54) is 0 Å². The molecule has 6 heteroatoms. The van der Waals surface area contributed by atoms with Gasteiger partial charge in [0.15, 0.2) is 6.29 Å². The molecule has 0 amide bonds. The van der Waals surface area contributed by atoms with Crippen LogP contribution in [0, 0.1) is 0 Å². The summed E-state index contributed by atoms with van der Waals surface area (Å²) in [6, 6.07) is 5.85. The van der Waals surface area contributed by atoms with Crippen LogP contribution in [0.3, 0.4) is 0 Å². The first kappa shape index (κ1) is 22.0. The number of hydrogen-bond acceptors (Lipinski definition) is 5. The van der Waals surface area contributed by atoms with E-state index in [-0.39, 0.29) is 12.2 Å². The second-order valence-electron chi connectivity index (χ2n) is 5.97. The second-order valence-corrected chi connectivity index (χ2v) is 5.97. The lowest BCUT2D eigenvalue weighted by Crippen LogP contribution is -2.44. The van der Waals surface area contributed by atoms with Crippen molar-refractivity contribution in [1.29, 1.82) is 0 Å². The molecule has 25 heavy (non-hydrogen) atoms. The van der Waals surface area contributed by atoms with Crippen LogP contribution < -0.4 is 10.2 Å². The predicted octanol–water partition coefficient (Wildman–Crippen LogP) is 3.70. The Bertz CT molecular complexity index is 477.